The molecule has 0 amide bonds. The highest BCUT2D eigenvalue weighted by molar-refractivity contribution is 7.89. The Morgan fingerprint density at radius 3 is 2.45 bits per heavy atom. The molecule has 0 aromatic heterocycles. The maximum absolute atomic E-state index is 12.6. The number of methoxy groups -OCH3 is 1. The SMILES string of the molecule is COc1cc(S(=O)(=O)N2C[C@@H](C)O[C@@H](C)C2)ccc1Cl. The summed E-state index contributed by atoms with van der Waals surface area (Å²) in [6, 6.07) is 4.47. The second kappa shape index (κ2) is 5.89. The van der Waals surface area contributed by atoms with Gasteiger partial charge in [0.2, 0.25) is 10.0 Å². The quantitative estimate of drug-likeness (QED) is 0.856. The van der Waals surface area contributed by atoms with Crippen LogP contribution in [0.5, 0.6) is 5.75 Å². The van der Waals surface area contributed by atoms with Crippen LogP contribution >= 0.6 is 11.6 Å². The van der Waals surface area contributed by atoms with Crippen LogP contribution in [-0.4, -0.2) is 45.1 Å². The zero-order valence-electron chi connectivity index (χ0n) is 11.7. The molecule has 7 heteroatoms. The van der Waals surface area contributed by atoms with E-state index in [1.807, 2.05) is 13.8 Å². The number of sulfonamides is 1. The molecule has 0 saturated carbocycles. The largest absolute Gasteiger partial charge is 0.495 e. The van der Waals surface area contributed by atoms with E-state index in [0.717, 1.165) is 0 Å². The summed E-state index contributed by atoms with van der Waals surface area (Å²) < 4.78 is 37.3. The van der Waals surface area contributed by atoms with E-state index in [1.54, 1.807) is 0 Å². The third-order valence-electron chi connectivity index (χ3n) is 3.15. The standard InChI is InChI=1S/C13H18ClNO4S/c1-9-7-15(8-10(2)19-9)20(16,17)11-4-5-12(14)13(6-11)18-3/h4-6,9-10H,7-8H2,1-3H3/t9-,10+. The molecule has 1 aromatic rings. The van der Waals surface area contributed by atoms with Gasteiger partial charge >= 0.3 is 0 Å². The fraction of sp³-hybridized carbons (Fsp3) is 0.538. The van der Waals surface area contributed by atoms with Crippen LogP contribution in [0.2, 0.25) is 5.02 Å². The van der Waals surface area contributed by atoms with Crippen LogP contribution in [0.4, 0.5) is 0 Å². The molecule has 1 saturated heterocycles. The third-order valence-corrected chi connectivity index (χ3v) is 5.29. The number of hydrogen-bond acceptors (Lipinski definition) is 4. The van der Waals surface area contributed by atoms with Crippen LogP contribution in [-0.2, 0) is 14.8 Å². The number of ether oxygens (including phenoxy) is 2. The minimum Gasteiger partial charge on any atom is -0.495 e. The maximum atomic E-state index is 12.6. The maximum Gasteiger partial charge on any atom is 0.243 e. The molecule has 1 aromatic carbocycles. The van der Waals surface area contributed by atoms with Crippen molar-refractivity contribution in [1.29, 1.82) is 0 Å². The number of morpholine rings is 1. The predicted molar refractivity (Wildman–Crippen MR) is 76.8 cm³/mol. The molecular formula is C13H18ClNO4S. The van der Waals surface area contributed by atoms with Crippen molar-refractivity contribution in [1.82, 2.24) is 4.31 Å². The van der Waals surface area contributed by atoms with E-state index in [1.165, 1.54) is 29.6 Å². The topological polar surface area (TPSA) is 55.8 Å². The van der Waals surface area contributed by atoms with Crippen LogP contribution in [0.3, 0.4) is 0 Å². The number of benzene rings is 1. The van der Waals surface area contributed by atoms with Gasteiger partial charge in [-0.3, -0.25) is 0 Å². The molecule has 20 heavy (non-hydrogen) atoms. The second-order valence-electron chi connectivity index (χ2n) is 4.88. The van der Waals surface area contributed by atoms with Gasteiger partial charge in [-0.1, -0.05) is 11.6 Å². The Balaban J connectivity index is 2.34. The molecule has 1 aliphatic rings. The Labute approximate surface area is 124 Å². The Kier molecular flexibility index (Phi) is 4.59. The summed E-state index contributed by atoms with van der Waals surface area (Å²) in [4.78, 5) is 0.181. The van der Waals surface area contributed by atoms with Crippen LogP contribution in [0, 0.1) is 0 Å². The van der Waals surface area contributed by atoms with Gasteiger partial charge in [-0.25, -0.2) is 8.42 Å². The lowest BCUT2D eigenvalue weighted by molar-refractivity contribution is -0.0440. The summed E-state index contributed by atoms with van der Waals surface area (Å²) in [6.07, 6.45) is -0.245. The van der Waals surface area contributed by atoms with Crippen molar-refractivity contribution >= 4 is 21.6 Å². The number of rotatable bonds is 3. The normalized spacial score (nSPS) is 24.6. The van der Waals surface area contributed by atoms with E-state index in [9.17, 15) is 8.42 Å². The highest BCUT2D eigenvalue weighted by Crippen LogP contribution is 2.29. The first-order valence-corrected chi connectivity index (χ1v) is 8.15. The number of nitrogens with zero attached hydrogens (tertiary/aromatic N) is 1. The van der Waals surface area contributed by atoms with Gasteiger partial charge in [0.05, 0.1) is 29.2 Å². The van der Waals surface area contributed by atoms with Gasteiger partial charge in [-0.05, 0) is 26.0 Å². The average molecular weight is 320 g/mol. The average Bonchev–Trinajstić information content (AvgIpc) is 2.37. The molecule has 1 heterocycles. The van der Waals surface area contributed by atoms with Crippen molar-refractivity contribution in [3.63, 3.8) is 0 Å². The molecule has 0 N–H and O–H groups in total. The van der Waals surface area contributed by atoms with E-state index in [2.05, 4.69) is 0 Å². The molecule has 1 aliphatic heterocycles. The van der Waals surface area contributed by atoms with Crippen molar-refractivity contribution in [2.75, 3.05) is 20.2 Å². The Morgan fingerprint density at radius 1 is 1.30 bits per heavy atom. The van der Waals surface area contributed by atoms with E-state index in [-0.39, 0.29) is 17.1 Å². The van der Waals surface area contributed by atoms with Gasteiger partial charge in [0.1, 0.15) is 5.75 Å². The van der Waals surface area contributed by atoms with Crippen molar-refractivity contribution in [2.24, 2.45) is 0 Å². The Morgan fingerprint density at radius 2 is 1.90 bits per heavy atom. The van der Waals surface area contributed by atoms with Crippen molar-refractivity contribution in [2.45, 2.75) is 31.0 Å². The van der Waals surface area contributed by atoms with Gasteiger partial charge in [0.15, 0.2) is 0 Å². The van der Waals surface area contributed by atoms with E-state index < -0.39 is 10.0 Å². The molecule has 5 nitrogen and oxygen atoms in total. The first-order valence-electron chi connectivity index (χ1n) is 6.33. The predicted octanol–water partition coefficient (Wildman–Crippen LogP) is 2.15. The first-order chi connectivity index (χ1) is 9.34. The third kappa shape index (κ3) is 3.09. The summed E-state index contributed by atoms with van der Waals surface area (Å²) in [6.45, 7) is 4.41. The summed E-state index contributed by atoms with van der Waals surface area (Å²) in [5, 5.41) is 0.384. The highest BCUT2D eigenvalue weighted by Gasteiger charge is 2.32. The van der Waals surface area contributed by atoms with E-state index in [4.69, 9.17) is 21.1 Å². The van der Waals surface area contributed by atoms with Gasteiger partial charge in [-0.15, -0.1) is 0 Å². The molecule has 0 radical (unpaired) electrons. The second-order valence-corrected chi connectivity index (χ2v) is 7.22. The fourth-order valence-electron chi connectivity index (χ4n) is 2.28. The van der Waals surface area contributed by atoms with Crippen LogP contribution in [0.25, 0.3) is 0 Å². The molecule has 1 fully saturated rings. The van der Waals surface area contributed by atoms with Crippen LogP contribution < -0.4 is 4.74 Å². The van der Waals surface area contributed by atoms with Crippen molar-refractivity contribution in [3.05, 3.63) is 23.2 Å². The smallest absolute Gasteiger partial charge is 0.243 e. The van der Waals surface area contributed by atoms with Gasteiger partial charge in [0, 0.05) is 19.2 Å². The summed E-state index contributed by atoms with van der Waals surface area (Å²) >= 11 is 5.93. The molecule has 0 unspecified atom stereocenters. The lowest BCUT2D eigenvalue weighted by Gasteiger charge is -2.34. The highest BCUT2D eigenvalue weighted by atomic mass is 35.5. The Hall–Kier alpha value is -0.820. The van der Waals surface area contributed by atoms with Gasteiger partial charge in [0.25, 0.3) is 0 Å². The van der Waals surface area contributed by atoms with E-state index >= 15 is 0 Å². The van der Waals surface area contributed by atoms with Crippen LogP contribution in [0.1, 0.15) is 13.8 Å². The monoisotopic (exact) mass is 319 g/mol. The van der Waals surface area contributed by atoms with Crippen molar-refractivity contribution in [3.8, 4) is 5.75 Å². The van der Waals surface area contributed by atoms with Crippen LogP contribution in [0.15, 0.2) is 23.1 Å². The summed E-state index contributed by atoms with van der Waals surface area (Å²) in [7, 11) is -2.11. The summed E-state index contributed by atoms with van der Waals surface area (Å²) in [5.74, 6) is 0.349. The molecule has 2 rings (SSSR count). The lowest BCUT2D eigenvalue weighted by atomic mass is 10.3. The first kappa shape index (κ1) is 15.6. The summed E-state index contributed by atoms with van der Waals surface area (Å²) in [5.41, 5.74) is 0. The van der Waals surface area contributed by atoms with Gasteiger partial charge < -0.3 is 9.47 Å². The Bertz CT molecular complexity index is 580. The van der Waals surface area contributed by atoms with E-state index in [0.29, 0.717) is 23.9 Å². The van der Waals surface area contributed by atoms with Crippen molar-refractivity contribution < 1.29 is 17.9 Å². The number of hydrogen-bond donors (Lipinski definition) is 0. The lowest BCUT2D eigenvalue weighted by Crippen LogP contribution is -2.48. The molecule has 0 bridgehead atoms. The molecular weight excluding hydrogens is 302 g/mol. The zero-order chi connectivity index (χ0) is 14.9. The fourth-order valence-corrected chi connectivity index (χ4v) is 4.08. The molecule has 2 atom stereocenters. The minimum atomic E-state index is -3.56. The number of halogens is 1. The molecule has 0 spiro atoms. The minimum absolute atomic E-state index is 0.122. The molecule has 0 aliphatic carbocycles. The molecule has 112 valence electrons. The zero-order valence-corrected chi connectivity index (χ0v) is 13.2. The van der Waals surface area contributed by atoms with Gasteiger partial charge in [-0.2, -0.15) is 4.31 Å².